The van der Waals surface area contributed by atoms with Gasteiger partial charge in [0.1, 0.15) is 0 Å². The summed E-state index contributed by atoms with van der Waals surface area (Å²) in [6, 6.07) is 0. The molecule has 0 radical (unpaired) electrons. The van der Waals surface area contributed by atoms with E-state index in [9.17, 15) is 0 Å². The molecule has 0 saturated carbocycles. The van der Waals surface area contributed by atoms with Gasteiger partial charge in [-0.15, -0.1) is 0 Å². The Morgan fingerprint density at radius 3 is 2.20 bits per heavy atom. The highest BCUT2D eigenvalue weighted by molar-refractivity contribution is 5.20. The lowest BCUT2D eigenvalue weighted by atomic mass is 9.85. The van der Waals surface area contributed by atoms with E-state index in [-0.39, 0.29) is 0 Å². The van der Waals surface area contributed by atoms with E-state index in [1.807, 2.05) is 7.05 Å². The predicted molar refractivity (Wildman–Crippen MR) is 60.5 cm³/mol. The fourth-order valence-electron chi connectivity index (χ4n) is 1.83. The summed E-state index contributed by atoms with van der Waals surface area (Å²) in [5.41, 5.74) is 0. The molecule has 5 nitrogen and oxygen atoms in total. The quantitative estimate of drug-likeness (QED) is 0.803. The van der Waals surface area contributed by atoms with Crippen LogP contribution in [-0.2, 0) is 7.05 Å². The summed E-state index contributed by atoms with van der Waals surface area (Å²) in [5.74, 6) is 2.71. The molecular formula is C10H21N5. The Balaban J connectivity index is 2.51. The Morgan fingerprint density at radius 2 is 1.80 bits per heavy atom. The van der Waals surface area contributed by atoms with Crippen LogP contribution in [0.5, 0.6) is 0 Å². The van der Waals surface area contributed by atoms with Crippen LogP contribution in [0.15, 0.2) is 0 Å². The molecule has 0 fully saturated rings. The number of tetrazole rings is 1. The number of aryl methyl sites for hydroxylation is 1. The van der Waals surface area contributed by atoms with Gasteiger partial charge >= 0.3 is 0 Å². The third-order valence-corrected chi connectivity index (χ3v) is 2.83. The Hall–Kier alpha value is -1.13. The normalized spacial score (nSPS) is 11.7. The first-order chi connectivity index (χ1) is 7.02. The lowest BCUT2D eigenvalue weighted by Crippen LogP contribution is -2.25. The van der Waals surface area contributed by atoms with Crippen LogP contribution in [0.4, 0.5) is 5.95 Å². The van der Waals surface area contributed by atoms with E-state index in [2.05, 4.69) is 48.5 Å². The summed E-state index contributed by atoms with van der Waals surface area (Å²) in [5, 5.41) is 14.5. The van der Waals surface area contributed by atoms with Gasteiger partial charge < -0.3 is 5.32 Å². The molecule has 0 aliphatic rings. The average molecular weight is 211 g/mol. The van der Waals surface area contributed by atoms with E-state index in [1.165, 1.54) is 0 Å². The van der Waals surface area contributed by atoms with Gasteiger partial charge in [-0.05, 0) is 28.2 Å². The van der Waals surface area contributed by atoms with Crippen molar-refractivity contribution in [3.8, 4) is 0 Å². The lowest BCUT2D eigenvalue weighted by Gasteiger charge is -2.24. The number of nitrogens with one attached hydrogen (secondary N) is 1. The van der Waals surface area contributed by atoms with E-state index in [0.717, 1.165) is 12.5 Å². The molecule has 0 bridgehead atoms. The minimum Gasteiger partial charge on any atom is -0.353 e. The zero-order valence-electron chi connectivity index (χ0n) is 10.2. The summed E-state index contributed by atoms with van der Waals surface area (Å²) in [7, 11) is 1.84. The molecule has 0 spiro atoms. The predicted octanol–water partition coefficient (Wildman–Crippen LogP) is 1.55. The maximum atomic E-state index is 3.90. The first-order valence-electron chi connectivity index (χ1n) is 5.48. The van der Waals surface area contributed by atoms with Crippen molar-refractivity contribution < 1.29 is 0 Å². The molecule has 1 rings (SSSR count). The summed E-state index contributed by atoms with van der Waals surface area (Å²) < 4.78 is 1.65. The summed E-state index contributed by atoms with van der Waals surface area (Å²) in [6.07, 6.45) is 0. The smallest absolute Gasteiger partial charge is 0.242 e. The van der Waals surface area contributed by atoms with Crippen molar-refractivity contribution in [1.29, 1.82) is 0 Å². The largest absolute Gasteiger partial charge is 0.353 e. The van der Waals surface area contributed by atoms with Crippen molar-refractivity contribution in [2.75, 3.05) is 11.9 Å². The van der Waals surface area contributed by atoms with Crippen molar-refractivity contribution in [3.63, 3.8) is 0 Å². The monoisotopic (exact) mass is 211 g/mol. The molecule has 0 saturated heterocycles. The Kier molecular flexibility index (Phi) is 4.05. The second-order valence-corrected chi connectivity index (χ2v) is 4.66. The third kappa shape index (κ3) is 3.18. The molecule has 0 aromatic carbocycles. The maximum absolute atomic E-state index is 3.90. The van der Waals surface area contributed by atoms with Gasteiger partial charge in [-0.25, -0.2) is 4.68 Å². The maximum Gasteiger partial charge on any atom is 0.242 e. The molecule has 86 valence electrons. The number of aromatic nitrogens is 4. The van der Waals surface area contributed by atoms with Crippen molar-refractivity contribution in [3.05, 3.63) is 0 Å². The molecule has 0 aliphatic carbocycles. The van der Waals surface area contributed by atoms with Crippen LogP contribution in [0.2, 0.25) is 0 Å². The molecule has 1 aromatic rings. The molecule has 1 aromatic heterocycles. The number of anilines is 1. The second kappa shape index (κ2) is 5.09. The van der Waals surface area contributed by atoms with Crippen LogP contribution in [0, 0.1) is 17.8 Å². The molecule has 0 atom stereocenters. The van der Waals surface area contributed by atoms with Gasteiger partial charge in [0.25, 0.3) is 0 Å². The molecule has 1 N–H and O–H groups in total. The van der Waals surface area contributed by atoms with Gasteiger partial charge in [0.05, 0.1) is 0 Å². The van der Waals surface area contributed by atoms with Gasteiger partial charge in [0.15, 0.2) is 0 Å². The van der Waals surface area contributed by atoms with E-state index in [0.29, 0.717) is 17.8 Å². The molecule has 0 aliphatic heterocycles. The highest BCUT2D eigenvalue weighted by Gasteiger charge is 2.17. The summed E-state index contributed by atoms with van der Waals surface area (Å²) in [6.45, 7) is 9.93. The van der Waals surface area contributed by atoms with Gasteiger partial charge in [-0.2, -0.15) is 0 Å². The fourth-order valence-corrected chi connectivity index (χ4v) is 1.83. The Labute approximate surface area is 91.2 Å². The van der Waals surface area contributed by atoms with Crippen molar-refractivity contribution in [2.45, 2.75) is 27.7 Å². The molecule has 15 heavy (non-hydrogen) atoms. The molecule has 0 unspecified atom stereocenters. The molecular weight excluding hydrogens is 190 g/mol. The third-order valence-electron chi connectivity index (χ3n) is 2.83. The highest BCUT2D eigenvalue weighted by Crippen LogP contribution is 2.20. The SMILES string of the molecule is CC(C)C(CNc1nnnn1C)C(C)C. The lowest BCUT2D eigenvalue weighted by molar-refractivity contribution is 0.303. The van der Waals surface area contributed by atoms with Crippen molar-refractivity contribution >= 4 is 5.95 Å². The van der Waals surface area contributed by atoms with Crippen LogP contribution in [0.25, 0.3) is 0 Å². The molecule has 1 heterocycles. The van der Waals surface area contributed by atoms with Crippen LogP contribution >= 0.6 is 0 Å². The number of hydrogen-bond acceptors (Lipinski definition) is 4. The highest BCUT2D eigenvalue weighted by atomic mass is 15.6. The standard InChI is InChI=1S/C10H21N5/c1-7(2)9(8(3)4)6-11-10-12-13-14-15(10)5/h7-9H,6H2,1-5H3,(H,11,12,14). The van der Waals surface area contributed by atoms with Gasteiger partial charge in [0, 0.05) is 13.6 Å². The fraction of sp³-hybridized carbons (Fsp3) is 0.900. The van der Waals surface area contributed by atoms with Gasteiger partial charge in [0.2, 0.25) is 5.95 Å². The minimum atomic E-state index is 0.640. The minimum absolute atomic E-state index is 0.640. The Bertz CT molecular complexity index is 284. The van der Waals surface area contributed by atoms with E-state index in [1.54, 1.807) is 4.68 Å². The van der Waals surface area contributed by atoms with Crippen molar-refractivity contribution in [2.24, 2.45) is 24.8 Å². The average Bonchev–Trinajstić information content (AvgIpc) is 2.51. The summed E-state index contributed by atoms with van der Waals surface area (Å²) >= 11 is 0. The van der Waals surface area contributed by atoms with E-state index < -0.39 is 0 Å². The Morgan fingerprint density at radius 1 is 1.20 bits per heavy atom. The molecule has 5 heteroatoms. The zero-order valence-corrected chi connectivity index (χ0v) is 10.2. The van der Waals surface area contributed by atoms with Gasteiger partial charge in [-0.1, -0.05) is 32.8 Å². The number of rotatable bonds is 5. The van der Waals surface area contributed by atoms with Crippen LogP contribution in [-0.4, -0.2) is 26.8 Å². The van der Waals surface area contributed by atoms with Crippen molar-refractivity contribution in [1.82, 2.24) is 20.2 Å². The second-order valence-electron chi connectivity index (χ2n) is 4.66. The van der Waals surface area contributed by atoms with Crippen LogP contribution in [0.3, 0.4) is 0 Å². The van der Waals surface area contributed by atoms with Crippen LogP contribution in [0.1, 0.15) is 27.7 Å². The van der Waals surface area contributed by atoms with Gasteiger partial charge in [-0.3, -0.25) is 0 Å². The first kappa shape index (κ1) is 11.9. The van der Waals surface area contributed by atoms with E-state index >= 15 is 0 Å². The van der Waals surface area contributed by atoms with Crippen LogP contribution < -0.4 is 5.32 Å². The molecule has 0 amide bonds. The topological polar surface area (TPSA) is 55.6 Å². The zero-order chi connectivity index (χ0) is 11.4. The number of nitrogens with zero attached hydrogens (tertiary/aromatic N) is 4. The number of hydrogen-bond donors (Lipinski definition) is 1. The summed E-state index contributed by atoms with van der Waals surface area (Å²) in [4.78, 5) is 0. The first-order valence-corrected chi connectivity index (χ1v) is 5.48. The van der Waals surface area contributed by atoms with E-state index in [4.69, 9.17) is 0 Å².